The van der Waals surface area contributed by atoms with Gasteiger partial charge in [0.05, 0.1) is 0 Å². The number of nitrogens with zero attached hydrogens (tertiary/aromatic N) is 1. The Balaban J connectivity index is 1.69. The average molecular weight is 318 g/mol. The number of rotatable bonds is 7. The molecule has 0 saturated heterocycles. The van der Waals surface area contributed by atoms with Crippen molar-refractivity contribution in [3.05, 3.63) is 30.3 Å². The van der Waals surface area contributed by atoms with Gasteiger partial charge in [0.2, 0.25) is 5.91 Å². The van der Waals surface area contributed by atoms with Gasteiger partial charge in [-0.15, -0.1) is 0 Å². The van der Waals surface area contributed by atoms with E-state index in [0.717, 1.165) is 12.8 Å². The molecule has 0 bridgehead atoms. The molecule has 1 aromatic rings. The summed E-state index contributed by atoms with van der Waals surface area (Å²) in [5, 5.41) is 2.82. The zero-order chi connectivity index (χ0) is 16.5. The summed E-state index contributed by atoms with van der Waals surface area (Å²) in [6.07, 6.45) is 5.78. The van der Waals surface area contributed by atoms with Crippen LogP contribution in [0.1, 0.15) is 39.0 Å². The lowest BCUT2D eigenvalue weighted by atomic mass is 9.94. The smallest absolute Gasteiger partial charge is 0.258 e. The molecule has 1 saturated carbocycles. The van der Waals surface area contributed by atoms with E-state index in [0.29, 0.717) is 24.9 Å². The monoisotopic (exact) mass is 318 g/mol. The van der Waals surface area contributed by atoms with Crippen molar-refractivity contribution in [1.82, 2.24) is 10.2 Å². The Morgan fingerprint density at radius 3 is 2.52 bits per heavy atom. The maximum atomic E-state index is 11.8. The Labute approximate surface area is 138 Å². The van der Waals surface area contributed by atoms with E-state index in [2.05, 4.69) is 5.32 Å². The van der Waals surface area contributed by atoms with Crippen LogP contribution in [0.3, 0.4) is 0 Å². The Bertz CT molecular complexity index is 498. The number of benzene rings is 1. The van der Waals surface area contributed by atoms with Crippen LogP contribution in [-0.2, 0) is 9.59 Å². The van der Waals surface area contributed by atoms with Gasteiger partial charge in [-0.25, -0.2) is 0 Å². The van der Waals surface area contributed by atoms with Crippen LogP contribution in [0.2, 0.25) is 0 Å². The van der Waals surface area contributed by atoms with Gasteiger partial charge in [0, 0.05) is 26.1 Å². The minimum atomic E-state index is -0.166. The fraction of sp³-hybridized carbons (Fsp3) is 0.556. The van der Waals surface area contributed by atoms with E-state index < -0.39 is 0 Å². The third-order valence-corrected chi connectivity index (χ3v) is 4.21. The molecule has 2 amide bonds. The van der Waals surface area contributed by atoms with E-state index in [9.17, 15) is 9.59 Å². The normalized spacial score (nSPS) is 15.0. The van der Waals surface area contributed by atoms with E-state index in [1.54, 1.807) is 6.92 Å². The highest BCUT2D eigenvalue weighted by Crippen LogP contribution is 2.22. The molecule has 0 atom stereocenters. The number of carbonyl (C=O) groups excluding carboxylic acids is 2. The molecule has 0 spiro atoms. The number of carbonyl (C=O) groups is 2. The zero-order valence-corrected chi connectivity index (χ0v) is 13.8. The molecule has 1 aliphatic rings. The standard InChI is InChI=1S/C18H26N2O3/c1-15(21)20(16-8-4-2-5-9-16)13-12-19-18(22)14-23-17-10-6-3-7-11-17/h3,6-7,10-11,16H,2,4-5,8-9,12-14H2,1H3,(H,19,22). The molecule has 1 N–H and O–H groups in total. The second kappa shape index (κ2) is 9.18. The van der Waals surface area contributed by atoms with Gasteiger partial charge in [0.25, 0.3) is 5.91 Å². The lowest BCUT2D eigenvalue weighted by Crippen LogP contribution is -2.45. The first-order chi connectivity index (χ1) is 11.2. The molecule has 5 heteroatoms. The van der Waals surface area contributed by atoms with Crippen LogP contribution < -0.4 is 10.1 Å². The third-order valence-electron chi connectivity index (χ3n) is 4.21. The SMILES string of the molecule is CC(=O)N(CCNC(=O)COc1ccccc1)C1CCCCC1. The van der Waals surface area contributed by atoms with Gasteiger partial charge in [0.15, 0.2) is 6.61 Å². The predicted octanol–water partition coefficient (Wildman–Crippen LogP) is 2.36. The molecular weight excluding hydrogens is 292 g/mol. The van der Waals surface area contributed by atoms with Crippen molar-refractivity contribution in [2.75, 3.05) is 19.7 Å². The van der Waals surface area contributed by atoms with Gasteiger partial charge >= 0.3 is 0 Å². The molecule has 1 aromatic carbocycles. The highest BCUT2D eigenvalue weighted by atomic mass is 16.5. The van der Waals surface area contributed by atoms with Crippen LogP contribution in [0, 0.1) is 0 Å². The first-order valence-electron chi connectivity index (χ1n) is 8.38. The van der Waals surface area contributed by atoms with Crippen molar-refractivity contribution >= 4 is 11.8 Å². The Morgan fingerprint density at radius 1 is 1.17 bits per heavy atom. The van der Waals surface area contributed by atoms with Crippen LogP contribution in [-0.4, -0.2) is 42.5 Å². The summed E-state index contributed by atoms with van der Waals surface area (Å²) in [7, 11) is 0. The van der Waals surface area contributed by atoms with Crippen LogP contribution >= 0.6 is 0 Å². The van der Waals surface area contributed by atoms with E-state index >= 15 is 0 Å². The van der Waals surface area contributed by atoms with E-state index in [-0.39, 0.29) is 18.4 Å². The number of amides is 2. The summed E-state index contributed by atoms with van der Waals surface area (Å²) < 4.78 is 5.40. The first-order valence-corrected chi connectivity index (χ1v) is 8.38. The summed E-state index contributed by atoms with van der Waals surface area (Å²) in [5.41, 5.74) is 0. The predicted molar refractivity (Wildman–Crippen MR) is 89.2 cm³/mol. The quantitative estimate of drug-likeness (QED) is 0.839. The molecule has 1 fully saturated rings. The maximum Gasteiger partial charge on any atom is 0.258 e. The first kappa shape index (κ1) is 17.3. The fourth-order valence-electron chi connectivity index (χ4n) is 3.02. The summed E-state index contributed by atoms with van der Waals surface area (Å²) in [4.78, 5) is 25.5. The molecule has 23 heavy (non-hydrogen) atoms. The summed E-state index contributed by atoms with van der Waals surface area (Å²) in [6, 6.07) is 9.58. The van der Waals surface area contributed by atoms with Gasteiger partial charge in [0.1, 0.15) is 5.75 Å². The van der Waals surface area contributed by atoms with E-state index in [1.165, 1.54) is 19.3 Å². The molecule has 0 heterocycles. The number of ether oxygens (including phenoxy) is 1. The number of para-hydroxylation sites is 1. The zero-order valence-electron chi connectivity index (χ0n) is 13.8. The van der Waals surface area contributed by atoms with Crippen molar-refractivity contribution in [2.24, 2.45) is 0 Å². The Morgan fingerprint density at radius 2 is 1.87 bits per heavy atom. The molecule has 1 aliphatic carbocycles. The topological polar surface area (TPSA) is 58.6 Å². The summed E-state index contributed by atoms with van der Waals surface area (Å²) in [5.74, 6) is 0.600. The van der Waals surface area contributed by atoms with Gasteiger partial charge in [-0.1, -0.05) is 37.5 Å². The summed E-state index contributed by atoms with van der Waals surface area (Å²) in [6.45, 7) is 2.63. The van der Waals surface area contributed by atoms with Crippen LogP contribution in [0.4, 0.5) is 0 Å². The molecule has 0 unspecified atom stereocenters. The molecule has 126 valence electrons. The van der Waals surface area contributed by atoms with Crippen molar-refractivity contribution < 1.29 is 14.3 Å². The van der Waals surface area contributed by atoms with E-state index in [4.69, 9.17) is 4.74 Å². The number of hydrogen-bond acceptors (Lipinski definition) is 3. The number of hydrogen-bond donors (Lipinski definition) is 1. The van der Waals surface area contributed by atoms with Gasteiger partial charge in [-0.2, -0.15) is 0 Å². The fourth-order valence-corrected chi connectivity index (χ4v) is 3.02. The second-order valence-electron chi connectivity index (χ2n) is 5.96. The number of nitrogens with one attached hydrogen (secondary N) is 1. The van der Waals surface area contributed by atoms with Gasteiger partial charge in [-0.3, -0.25) is 9.59 Å². The Kier molecular flexibility index (Phi) is 6.91. The largest absolute Gasteiger partial charge is 0.484 e. The van der Waals surface area contributed by atoms with Crippen molar-refractivity contribution in [3.8, 4) is 5.75 Å². The molecular formula is C18H26N2O3. The van der Waals surface area contributed by atoms with Crippen LogP contribution in [0.15, 0.2) is 30.3 Å². The van der Waals surface area contributed by atoms with Crippen LogP contribution in [0.25, 0.3) is 0 Å². The molecule has 2 rings (SSSR count). The van der Waals surface area contributed by atoms with Gasteiger partial charge < -0.3 is 15.0 Å². The van der Waals surface area contributed by atoms with Crippen molar-refractivity contribution in [3.63, 3.8) is 0 Å². The third kappa shape index (κ3) is 5.93. The maximum absolute atomic E-state index is 11.8. The minimum absolute atomic E-state index is 0.00644. The van der Waals surface area contributed by atoms with Crippen LogP contribution in [0.5, 0.6) is 5.75 Å². The Hall–Kier alpha value is -2.04. The lowest BCUT2D eigenvalue weighted by molar-refractivity contribution is -0.132. The average Bonchev–Trinajstić information content (AvgIpc) is 2.58. The van der Waals surface area contributed by atoms with E-state index in [1.807, 2.05) is 35.2 Å². The second-order valence-corrected chi connectivity index (χ2v) is 5.96. The minimum Gasteiger partial charge on any atom is -0.484 e. The molecule has 0 aliphatic heterocycles. The highest BCUT2D eigenvalue weighted by Gasteiger charge is 2.22. The molecule has 0 radical (unpaired) electrons. The molecule has 0 aromatic heterocycles. The van der Waals surface area contributed by atoms with Gasteiger partial charge in [-0.05, 0) is 25.0 Å². The highest BCUT2D eigenvalue weighted by molar-refractivity contribution is 5.77. The van der Waals surface area contributed by atoms with Crippen molar-refractivity contribution in [2.45, 2.75) is 45.1 Å². The molecule has 5 nitrogen and oxygen atoms in total. The lowest BCUT2D eigenvalue weighted by Gasteiger charge is -2.33. The summed E-state index contributed by atoms with van der Waals surface area (Å²) >= 11 is 0. The van der Waals surface area contributed by atoms with Crippen molar-refractivity contribution in [1.29, 1.82) is 0 Å².